The van der Waals surface area contributed by atoms with Gasteiger partial charge >= 0.3 is 0 Å². The molecule has 0 bridgehead atoms. The summed E-state index contributed by atoms with van der Waals surface area (Å²) < 4.78 is 1.66. The van der Waals surface area contributed by atoms with E-state index in [2.05, 4.69) is 23.9 Å². The Balaban J connectivity index is 1.72. The van der Waals surface area contributed by atoms with E-state index in [-0.39, 0.29) is 17.6 Å². The average Bonchev–Trinajstić information content (AvgIpc) is 3.00. The standard InChI is InChI=1S/C20H26N4O2/c1-14(2)11-16-12-18(23(3)22-16)20(26)24-10-6-7-15(13-24)19(25)17-8-4-5-9-21-17/h4-5,8-9,12,14-15H,6-7,10-11,13H2,1-3H3. The van der Waals surface area contributed by atoms with E-state index in [0.29, 0.717) is 30.4 Å². The Kier molecular flexibility index (Phi) is 5.49. The smallest absolute Gasteiger partial charge is 0.272 e. The number of Topliss-reactive ketones (excluding diaryl/α,β-unsaturated/α-hetero) is 1. The summed E-state index contributed by atoms with van der Waals surface area (Å²) >= 11 is 0. The fraction of sp³-hybridized carbons (Fsp3) is 0.500. The van der Waals surface area contributed by atoms with Gasteiger partial charge in [-0.3, -0.25) is 19.3 Å². The minimum atomic E-state index is -0.189. The molecule has 6 nitrogen and oxygen atoms in total. The maximum absolute atomic E-state index is 13.0. The van der Waals surface area contributed by atoms with Crippen LogP contribution in [0.4, 0.5) is 0 Å². The second-order valence-corrected chi connectivity index (χ2v) is 7.41. The van der Waals surface area contributed by atoms with Crippen molar-refractivity contribution in [2.75, 3.05) is 13.1 Å². The molecule has 1 atom stereocenters. The SMILES string of the molecule is CC(C)Cc1cc(C(=O)N2CCCC(C(=O)c3ccccn3)C2)n(C)n1. The molecule has 1 aliphatic heterocycles. The predicted molar refractivity (Wildman–Crippen MR) is 98.9 cm³/mol. The van der Waals surface area contributed by atoms with Crippen molar-refractivity contribution in [2.24, 2.45) is 18.9 Å². The fourth-order valence-electron chi connectivity index (χ4n) is 3.50. The first-order chi connectivity index (χ1) is 12.5. The van der Waals surface area contributed by atoms with Crippen molar-refractivity contribution < 1.29 is 9.59 Å². The van der Waals surface area contributed by atoms with Crippen molar-refractivity contribution in [3.63, 3.8) is 0 Å². The topological polar surface area (TPSA) is 68.1 Å². The number of aromatic nitrogens is 3. The van der Waals surface area contributed by atoms with Crippen LogP contribution in [0.1, 0.15) is 53.4 Å². The molecule has 0 aromatic carbocycles. The highest BCUT2D eigenvalue weighted by molar-refractivity contribution is 5.97. The first-order valence-corrected chi connectivity index (χ1v) is 9.23. The lowest BCUT2D eigenvalue weighted by Gasteiger charge is -2.31. The number of piperidine rings is 1. The Morgan fingerprint density at radius 1 is 1.31 bits per heavy atom. The first kappa shape index (κ1) is 18.3. The zero-order chi connectivity index (χ0) is 18.7. The Morgan fingerprint density at radius 2 is 2.12 bits per heavy atom. The lowest BCUT2D eigenvalue weighted by Crippen LogP contribution is -2.43. The number of rotatable bonds is 5. The van der Waals surface area contributed by atoms with Crippen LogP contribution in [-0.2, 0) is 13.5 Å². The number of likely N-dealkylation sites (tertiary alicyclic amines) is 1. The third-order valence-electron chi connectivity index (χ3n) is 4.76. The maximum Gasteiger partial charge on any atom is 0.272 e. The van der Waals surface area contributed by atoms with Gasteiger partial charge in [-0.05, 0) is 43.4 Å². The normalized spacial score (nSPS) is 17.5. The van der Waals surface area contributed by atoms with Crippen LogP contribution in [-0.4, -0.2) is 44.4 Å². The van der Waals surface area contributed by atoms with Gasteiger partial charge in [0, 0.05) is 32.3 Å². The van der Waals surface area contributed by atoms with Crippen LogP contribution in [0.15, 0.2) is 30.5 Å². The van der Waals surface area contributed by atoms with Gasteiger partial charge in [0.05, 0.1) is 5.69 Å². The average molecular weight is 354 g/mol. The summed E-state index contributed by atoms with van der Waals surface area (Å²) in [7, 11) is 1.80. The lowest BCUT2D eigenvalue weighted by atomic mass is 9.91. The molecule has 0 aliphatic carbocycles. The molecule has 3 heterocycles. The minimum absolute atomic E-state index is 0.0219. The van der Waals surface area contributed by atoms with Crippen LogP contribution in [0, 0.1) is 11.8 Å². The fourth-order valence-corrected chi connectivity index (χ4v) is 3.50. The largest absolute Gasteiger partial charge is 0.337 e. The van der Waals surface area contributed by atoms with Crippen LogP contribution in [0.5, 0.6) is 0 Å². The predicted octanol–water partition coefficient (Wildman–Crippen LogP) is 2.75. The molecule has 2 aromatic rings. The number of pyridine rings is 1. The van der Waals surface area contributed by atoms with Gasteiger partial charge in [-0.2, -0.15) is 5.10 Å². The molecule has 1 fully saturated rings. The van der Waals surface area contributed by atoms with E-state index in [1.54, 1.807) is 35.0 Å². The molecule has 6 heteroatoms. The van der Waals surface area contributed by atoms with Gasteiger partial charge in [-0.25, -0.2) is 0 Å². The monoisotopic (exact) mass is 354 g/mol. The molecule has 0 N–H and O–H groups in total. The molecule has 2 aromatic heterocycles. The van der Waals surface area contributed by atoms with E-state index in [0.717, 1.165) is 25.0 Å². The molecule has 1 aliphatic rings. The number of hydrogen-bond donors (Lipinski definition) is 0. The maximum atomic E-state index is 13.0. The van der Waals surface area contributed by atoms with Crippen molar-refractivity contribution in [3.8, 4) is 0 Å². The molecule has 1 unspecified atom stereocenters. The van der Waals surface area contributed by atoms with Gasteiger partial charge in [0.1, 0.15) is 11.4 Å². The van der Waals surface area contributed by atoms with Crippen molar-refractivity contribution in [1.29, 1.82) is 0 Å². The summed E-state index contributed by atoms with van der Waals surface area (Å²) in [6.07, 6.45) is 4.10. The lowest BCUT2D eigenvalue weighted by molar-refractivity contribution is 0.0626. The molecule has 3 rings (SSSR count). The van der Waals surface area contributed by atoms with Gasteiger partial charge in [-0.15, -0.1) is 0 Å². The molecular weight excluding hydrogens is 328 g/mol. The zero-order valence-corrected chi connectivity index (χ0v) is 15.7. The van der Waals surface area contributed by atoms with Crippen molar-refractivity contribution in [1.82, 2.24) is 19.7 Å². The van der Waals surface area contributed by atoms with E-state index in [9.17, 15) is 9.59 Å². The van der Waals surface area contributed by atoms with Gasteiger partial charge in [-0.1, -0.05) is 19.9 Å². The summed E-state index contributed by atoms with van der Waals surface area (Å²) in [6, 6.07) is 7.23. The molecule has 0 saturated carbocycles. The summed E-state index contributed by atoms with van der Waals surface area (Å²) in [5.41, 5.74) is 2.00. The Morgan fingerprint density at radius 3 is 2.81 bits per heavy atom. The Bertz CT molecular complexity index is 782. The number of aryl methyl sites for hydroxylation is 1. The van der Waals surface area contributed by atoms with Crippen LogP contribution in [0.2, 0.25) is 0 Å². The first-order valence-electron chi connectivity index (χ1n) is 9.23. The quantitative estimate of drug-likeness (QED) is 0.774. The number of ketones is 1. The van der Waals surface area contributed by atoms with E-state index in [1.165, 1.54) is 0 Å². The minimum Gasteiger partial charge on any atom is -0.337 e. The molecule has 0 spiro atoms. The molecule has 1 saturated heterocycles. The Hall–Kier alpha value is -2.50. The number of amides is 1. The van der Waals surface area contributed by atoms with Crippen LogP contribution < -0.4 is 0 Å². The summed E-state index contributed by atoms with van der Waals surface area (Å²) in [5.74, 6) is 0.274. The molecule has 0 radical (unpaired) electrons. The van der Waals surface area contributed by atoms with Crippen LogP contribution in [0.3, 0.4) is 0 Å². The van der Waals surface area contributed by atoms with Gasteiger partial charge in [0.2, 0.25) is 0 Å². The van der Waals surface area contributed by atoms with E-state index in [1.807, 2.05) is 12.1 Å². The van der Waals surface area contributed by atoms with E-state index < -0.39 is 0 Å². The van der Waals surface area contributed by atoms with Gasteiger partial charge < -0.3 is 4.90 Å². The second-order valence-electron chi connectivity index (χ2n) is 7.41. The number of nitrogens with zero attached hydrogens (tertiary/aromatic N) is 4. The molecule has 138 valence electrons. The molecule has 26 heavy (non-hydrogen) atoms. The van der Waals surface area contributed by atoms with Crippen LogP contribution >= 0.6 is 0 Å². The third-order valence-corrected chi connectivity index (χ3v) is 4.76. The number of carbonyl (C=O) groups excluding carboxylic acids is 2. The van der Waals surface area contributed by atoms with E-state index >= 15 is 0 Å². The highest BCUT2D eigenvalue weighted by atomic mass is 16.2. The van der Waals surface area contributed by atoms with Crippen molar-refractivity contribution in [3.05, 3.63) is 47.5 Å². The summed E-state index contributed by atoms with van der Waals surface area (Å²) in [4.78, 5) is 31.6. The highest BCUT2D eigenvalue weighted by Gasteiger charge is 2.31. The summed E-state index contributed by atoms with van der Waals surface area (Å²) in [5, 5.41) is 4.46. The zero-order valence-electron chi connectivity index (χ0n) is 15.7. The summed E-state index contributed by atoms with van der Waals surface area (Å²) in [6.45, 7) is 5.39. The van der Waals surface area contributed by atoms with Gasteiger partial charge in [0.25, 0.3) is 5.91 Å². The van der Waals surface area contributed by atoms with Crippen molar-refractivity contribution >= 4 is 11.7 Å². The third kappa shape index (κ3) is 4.00. The number of hydrogen-bond acceptors (Lipinski definition) is 4. The molecule has 1 amide bonds. The second kappa shape index (κ2) is 7.81. The molecular formula is C20H26N4O2. The van der Waals surface area contributed by atoms with Gasteiger partial charge in [0.15, 0.2) is 5.78 Å². The van der Waals surface area contributed by atoms with Crippen LogP contribution in [0.25, 0.3) is 0 Å². The highest BCUT2D eigenvalue weighted by Crippen LogP contribution is 2.22. The van der Waals surface area contributed by atoms with E-state index in [4.69, 9.17) is 0 Å². The number of carbonyl (C=O) groups is 2. The Labute approximate surface area is 154 Å². The van der Waals surface area contributed by atoms with Crippen molar-refractivity contribution in [2.45, 2.75) is 33.1 Å².